The van der Waals surface area contributed by atoms with Gasteiger partial charge in [0.1, 0.15) is 18.7 Å². The zero-order chi connectivity index (χ0) is 26.0. The van der Waals surface area contributed by atoms with Crippen LogP contribution in [0.4, 0.5) is 10.3 Å². The second-order valence-corrected chi connectivity index (χ2v) is 12.8. The lowest BCUT2D eigenvalue weighted by Gasteiger charge is -2.14. The van der Waals surface area contributed by atoms with Crippen LogP contribution >= 0.6 is 70.6 Å². The molecular weight excluding hydrogens is 585 g/mol. The van der Waals surface area contributed by atoms with Gasteiger partial charge in [0.15, 0.2) is 0 Å². The molecule has 2 aliphatic heterocycles. The van der Waals surface area contributed by atoms with E-state index in [1.807, 2.05) is 0 Å². The van der Waals surface area contributed by atoms with Crippen LogP contribution in [0.1, 0.15) is 22.9 Å². The number of amides is 4. The summed E-state index contributed by atoms with van der Waals surface area (Å²) in [6, 6.07) is 0. The molecule has 0 aliphatic carbocycles. The highest BCUT2D eigenvalue weighted by molar-refractivity contribution is 8.29. The van der Waals surface area contributed by atoms with Gasteiger partial charge in [-0.3, -0.25) is 29.0 Å². The topological polar surface area (TPSA) is 150 Å². The summed E-state index contributed by atoms with van der Waals surface area (Å²) in [5.41, 5.74) is 0. The first-order chi connectivity index (χ1) is 17.1. The fourth-order valence-electron chi connectivity index (χ4n) is 2.94. The molecule has 2 N–H and O–H groups in total. The van der Waals surface area contributed by atoms with Crippen LogP contribution in [0, 0.1) is 13.8 Å². The smallest absolute Gasteiger partial charge is 0.267 e. The summed E-state index contributed by atoms with van der Waals surface area (Å²) in [6.07, 6.45) is -0.0227. The summed E-state index contributed by atoms with van der Waals surface area (Å²) in [4.78, 5) is 53.3. The molecule has 2 aromatic heterocycles. The molecule has 188 valence electrons. The average molecular weight is 601 g/mol. The molecule has 0 bridgehead atoms. The van der Waals surface area contributed by atoms with E-state index in [9.17, 15) is 19.2 Å². The number of nitrogens with zero attached hydrogens (tertiary/aromatic N) is 6. The number of thiocarbonyl (C=S) groups is 2. The van der Waals surface area contributed by atoms with E-state index >= 15 is 0 Å². The Morgan fingerprint density at radius 1 is 0.750 bits per heavy atom. The maximum absolute atomic E-state index is 13.0. The van der Waals surface area contributed by atoms with Gasteiger partial charge in [-0.2, -0.15) is 0 Å². The normalized spacial score (nSPS) is 17.9. The van der Waals surface area contributed by atoms with E-state index in [4.69, 9.17) is 24.4 Å². The monoisotopic (exact) mass is 600 g/mol. The molecule has 4 rings (SSSR count). The SMILES string of the molecule is Cc1nnc(NC(=O)CCN2C(=O)/C(=C3\SC(=S)N(CCC(=O)Nc4nnc(C)s4)C3=O)SC2=S)s1. The fourth-order valence-corrected chi connectivity index (χ4v) is 6.93. The van der Waals surface area contributed by atoms with E-state index in [1.165, 1.54) is 32.5 Å². The molecule has 0 saturated carbocycles. The minimum absolute atomic E-state index is 0.0113. The Balaban J connectivity index is 1.34. The third-order valence-corrected chi connectivity index (χ3v) is 9.11. The van der Waals surface area contributed by atoms with E-state index in [0.717, 1.165) is 23.5 Å². The van der Waals surface area contributed by atoms with Gasteiger partial charge in [0, 0.05) is 25.9 Å². The summed E-state index contributed by atoms with van der Waals surface area (Å²) >= 11 is 15.1. The molecular formula is C18H16N8O4S6. The lowest BCUT2D eigenvalue weighted by Crippen LogP contribution is -2.33. The molecule has 36 heavy (non-hydrogen) atoms. The number of anilines is 2. The van der Waals surface area contributed by atoms with Gasteiger partial charge in [-0.15, -0.1) is 20.4 Å². The summed E-state index contributed by atoms with van der Waals surface area (Å²) in [6.45, 7) is 3.63. The predicted molar refractivity (Wildman–Crippen MR) is 147 cm³/mol. The molecule has 0 atom stereocenters. The second kappa shape index (κ2) is 11.3. The first-order valence-electron chi connectivity index (χ1n) is 10.1. The molecule has 0 spiro atoms. The Morgan fingerprint density at radius 2 is 1.14 bits per heavy atom. The lowest BCUT2D eigenvalue weighted by molar-refractivity contribution is -0.125. The van der Waals surface area contributed by atoms with Gasteiger partial charge in [-0.1, -0.05) is 70.6 Å². The first kappa shape index (κ1) is 26.7. The van der Waals surface area contributed by atoms with Crippen LogP contribution in [0.15, 0.2) is 9.81 Å². The Kier molecular flexibility index (Phi) is 8.41. The number of carbonyl (C=O) groups is 4. The van der Waals surface area contributed by atoms with Crippen molar-refractivity contribution in [3.63, 3.8) is 0 Å². The van der Waals surface area contributed by atoms with Gasteiger partial charge in [-0.25, -0.2) is 0 Å². The highest BCUT2D eigenvalue weighted by Crippen LogP contribution is 2.42. The van der Waals surface area contributed by atoms with Gasteiger partial charge in [0.25, 0.3) is 11.8 Å². The zero-order valence-corrected chi connectivity index (χ0v) is 23.5. The third kappa shape index (κ3) is 6.12. The summed E-state index contributed by atoms with van der Waals surface area (Å²) in [5.74, 6) is -1.61. The molecule has 4 heterocycles. The third-order valence-electron chi connectivity index (χ3n) is 4.57. The minimum atomic E-state index is -0.463. The van der Waals surface area contributed by atoms with Gasteiger partial charge in [0.05, 0.1) is 9.81 Å². The Morgan fingerprint density at radius 3 is 1.47 bits per heavy atom. The van der Waals surface area contributed by atoms with Crippen LogP contribution in [0.5, 0.6) is 0 Å². The number of rotatable bonds is 8. The van der Waals surface area contributed by atoms with Gasteiger partial charge in [-0.05, 0) is 13.8 Å². The molecule has 0 aromatic carbocycles. The highest BCUT2D eigenvalue weighted by Gasteiger charge is 2.42. The van der Waals surface area contributed by atoms with Crippen molar-refractivity contribution in [3.8, 4) is 0 Å². The van der Waals surface area contributed by atoms with Crippen LogP contribution in [-0.4, -0.2) is 75.6 Å². The minimum Gasteiger partial charge on any atom is -0.300 e. The predicted octanol–water partition coefficient (Wildman–Crippen LogP) is 2.30. The van der Waals surface area contributed by atoms with E-state index in [2.05, 4.69) is 31.0 Å². The lowest BCUT2D eigenvalue weighted by atomic mass is 10.3. The quantitative estimate of drug-likeness (QED) is 0.338. The van der Waals surface area contributed by atoms with Crippen molar-refractivity contribution in [3.05, 3.63) is 19.8 Å². The van der Waals surface area contributed by atoms with Crippen LogP contribution in [0.3, 0.4) is 0 Å². The van der Waals surface area contributed by atoms with E-state index in [0.29, 0.717) is 20.3 Å². The van der Waals surface area contributed by atoms with Crippen molar-refractivity contribution < 1.29 is 19.2 Å². The van der Waals surface area contributed by atoms with Crippen molar-refractivity contribution in [1.29, 1.82) is 0 Å². The maximum Gasteiger partial charge on any atom is 0.267 e. The molecule has 0 radical (unpaired) electrons. The molecule has 18 heteroatoms. The molecule has 12 nitrogen and oxygen atoms in total. The van der Waals surface area contributed by atoms with Crippen molar-refractivity contribution in [1.82, 2.24) is 30.2 Å². The standard InChI is InChI=1S/C18H16N8O4S6/c1-7-21-23-15(33-7)19-9(27)3-5-25-13(29)11(35-17(25)31)12-14(30)26(18(32)36-12)6-4-10(28)20-16-24-22-8(2)34-16/h3-6H2,1-2H3,(H,19,23,27)(H,20,24,28)/b12-11+. The first-order valence-corrected chi connectivity index (χ1v) is 14.2. The maximum atomic E-state index is 13.0. The van der Waals surface area contributed by atoms with E-state index in [1.54, 1.807) is 13.8 Å². The second-order valence-electron chi connectivity index (χ2n) is 7.16. The van der Waals surface area contributed by atoms with Gasteiger partial charge >= 0.3 is 0 Å². The molecule has 2 saturated heterocycles. The van der Waals surface area contributed by atoms with Crippen LogP contribution in [0.2, 0.25) is 0 Å². The Bertz CT molecular complexity index is 1220. The van der Waals surface area contributed by atoms with Crippen LogP contribution in [0.25, 0.3) is 0 Å². The van der Waals surface area contributed by atoms with Crippen molar-refractivity contribution >= 4 is 113 Å². The number of carbonyl (C=O) groups excluding carboxylic acids is 4. The van der Waals surface area contributed by atoms with Crippen LogP contribution < -0.4 is 10.6 Å². The molecule has 4 amide bonds. The summed E-state index contributed by atoms with van der Waals surface area (Å²) in [7, 11) is 0. The molecule has 0 unspecified atom stereocenters. The van der Waals surface area contributed by atoms with Crippen LogP contribution in [-0.2, 0) is 19.2 Å². The zero-order valence-electron chi connectivity index (χ0n) is 18.6. The Labute approximate surface area is 231 Å². The average Bonchev–Trinajstić information content (AvgIpc) is 3.55. The van der Waals surface area contributed by atoms with Crippen molar-refractivity contribution in [2.45, 2.75) is 26.7 Å². The number of aromatic nitrogens is 4. The van der Waals surface area contributed by atoms with Crippen molar-refractivity contribution in [2.75, 3.05) is 23.7 Å². The van der Waals surface area contributed by atoms with E-state index < -0.39 is 11.8 Å². The Hall–Kier alpha value is -2.38. The number of hydrogen-bond donors (Lipinski definition) is 2. The number of aryl methyl sites for hydroxylation is 2. The molecule has 2 aliphatic rings. The fraction of sp³-hybridized carbons (Fsp3) is 0.333. The van der Waals surface area contributed by atoms with Crippen molar-refractivity contribution in [2.24, 2.45) is 0 Å². The number of nitrogens with one attached hydrogen (secondary N) is 2. The molecule has 2 aromatic rings. The largest absolute Gasteiger partial charge is 0.300 e. The summed E-state index contributed by atoms with van der Waals surface area (Å²) < 4.78 is 0.484. The molecule has 2 fully saturated rings. The van der Waals surface area contributed by atoms with E-state index in [-0.39, 0.29) is 56.2 Å². The highest BCUT2D eigenvalue weighted by atomic mass is 32.2. The van der Waals surface area contributed by atoms with Gasteiger partial charge < -0.3 is 10.6 Å². The summed E-state index contributed by atoms with van der Waals surface area (Å²) in [5, 5.41) is 22.8. The van der Waals surface area contributed by atoms with Gasteiger partial charge in [0.2, 0.25) is 22.1 Å². The number of thioether (sulfide) groups is 2. The number of hydrogen-bond acceptors (Lipinski definition) is 14.